The quantitative estimate of drug-likeness (QED) is 0.849. The van der Waals surface area contributed by atoms with Crippen molar-refractivity contribution in [3.8, 4) is 11.5 Å². The third kappa shape index (κ3) is 1.91. The number of nitrogens with two attached hydrogens (primary N) is 1. The van der Waals surface area contributed by atoms with E-state index in [0.717, 1.165) is 18.4 Å². The summed E-state index contributed by atoms with van der Waals surface area (Å²) in [5.74, 6) is 0.802. The number of aliphatic hydroxyl groups excluding tert-OH is 1. The van der Waals surface area contributed by atoms with E-state index in [0.29, 0.717) is 11.7 Å². The Labute approximate surface area is 105 Å². The zero-order valence-corrected chi connectivity index (χ0v) is 9.97. The van der Waals surface area contributed by atoms with E-state index in [1.165, 1.54) is 17.5 Å². The molecule has 0 saturated heterocycles. The summed E-state index contributed by atoms with van der Waals surface area (Å²) in [5.41, 5.74) is 9.32. The highest BCUT2D eigenvalue weighted by atomic mass is 16.5. The average Bonchev–Trinajstić information content (AvgIpc) is 3.05. The molecule has 18 heavy (non-hydrogen) atoms. The van der Waals surface area contributed by atoms with Crippen LogP contribution in [-0.4, -0.2) is 21.9 Å². The first-order valence-electron chi connectivity index (χ1n) is 6.10. The summed E-state index contributed by atoms with van der Waals surface area (Å²) in [6.07, 6.45) is 3.48. The molecule has 1 aromatic heterocycles. The Morgan fingerprint density at radius 3 is 3.00 bits per heavy atom. The van der Waals surface area contributed by atoms with Gasteiger partial charge in [-0.05, 0) is 42.5 Å². The highest BCUT2D eigenvalue weighted by Crippen LogP contribution is 2.27. The van der Waals surface area contributed by atoms with E-state index >= 15 is 0 Å². The summed E-state index contributed by atoms with van der Waals surface area (Å²) < 4.78 is 5.18. The van der Waals surface area contributed by atoms with Crippen LogP contribution in [0.5, 0.6) is 0 Å². The molecule has 0 aliphatic heterocycles. The van der Waals surface area contributed by atoms with Crippen LogP contribution >= 0.6 is 0 Å². The van der Waals surface area contributed by atoms with E-state index in [1.54, 1.807) is 0 Å². The molecule has 1 atom stereocenters. The number of nitrogens with zero attached hydrogens (tertiary/aromatic N) is 2. The second-order valence-corrected chi connectivity index (χ2v) is 4.58. The van der Waals surface area contributed by atoms with E-state index in [-0.39, 0.29) is 6.61 Å². The van der Waals surface area contributed by atoms with Crippen molar-refractivity contribution in [3.05, 3.63) is 35.2 Å². The van der Waals surface area contributed by atoms with Crippen molar-refractivity contribution in [1.82, 2.24) is 10.1 Å². The Balaban J connectivity index is 1.92. The molecule has 0 bridgehead atoms. The number of hydrogen-bond donors (Lipinski definition) is 2. The Bertz CT molecular complexity index is 565. The zero-order valence-electron chi connectivity index (χ0n) is 9.97. The highest BCUT2D eigenvalue weighted by Gasteiger charge is 2.17. The molecule has 5 heteroatoms. The Morgan fingerprint density at radius 2 is 2.17 bits per heavy atom. The van der Waals surface area contributed by atoms with E-state index in [9.17, 15) is 0 Å². The molecule has 1 aliphatic carbocycles. The lowest BCUT2D eigenvalue weighted by Crippen LogP contribution is -2.15. The lowest BCUT2D eigenvalue weighted by molar-refractivity contribution is 0.260. The molecule has 1 unspecified atom stereocenters. The predicted octanol–water partition coefficient (Wildman–Crippen LogP) is 1.22. The van der Waals surface area contributed by atoms with Crippen molar-refractivity contribution >= 4 is 0 Å². The molecule has 0 amide bonds. The molecule has 94 valence electrons. The van der Waals surface area contributed by atoms with Crippen molar-refractivity contribution in [2.75, 3.05) is 6.61 Å². The molecule has 5 nitrogen and oxygen atoms in total. The molecule has 2 aromatic rings. The SMILES string of the molecule is NC(CO)c1noc(-c2ccc3c(c2)CCC3)n1. The van der Waals surface area contributed by atoms with Crippen LogP contribution in [0.2, 0.25) is 0 Å². The zero-order chi connectivity index (χ0) is 12.5. The van der Waals surface area contributed by atoms with Crippen molar-refractivity contribution in [2.45, 2.75) is 25.3 Å². The lowest BCUT2D eigenvalue weighted by atomic mass is 10.1. The molecule has 0 spiro atoms. The molecule has 1 aromatic carbocycles. The fraction of sp³-hybridized carbons (Fsp3) is 0.385. The largest absolute Gasteiger partial charge is 0.394 e. The van der Waals surface area contributed by atoms with Gasteiger partial charge in [-0.1, -0.05) is 11.2 Å². The van der Waals surface area contributed by atoms with Crippen LogP contribution in [0.15, 0.2) is 22.7 Å². The van der Waals surface area contributed by atoms with Gasteiger partial charge in [0.1, 0.15) is 0 Å². The van der Waals surface area contributed by atoms with E-state index in [2.05, 4.69) is 22.3 Å². The average molecular weight is 245 g/mol. The second kappa shape index (κ2) is 4.51. The molecule has 3 N–H and O–H groups in total. The van der Waals surface area contributed by atoms with Crippen LogP contribution in [-0.2, 0) is 12.8 Å². The minimum absolute atomic E-state index is 0.191. The maximum Gasteiger partial charge on any atom is 0.257 e. The van der Waals surface area contributed by atoms with Gasteiger partial charge < -0.3 is 15.4 Å². The van der Waals surface area contributed by atoms with Gasteiger partial charge in [0.25, 0.3) is 5.89 Å². The van der Waals surface area contributed by atoms with Gasteiger partial charge in [0, 0.05) is 5.56 Å². The molecule has 3 rings (SSSR count). The summed E-state index contributed by atoms with van der Waals surface area (Å²) in [6, 6.07) is 5.63. The van der Waals surface area contributed by atoms with E-state index in [4.69, 9.17) is 15.4 Å². The third-order valence-corrected chi connectivity index (χ3v) is 3.32. The van der Waals surface area contributed by atoms with Crippen LogP contribution in [0, 0.1) is 0 Å². The van der Waals surface area contributed by atoms with Crippen LogP contribution in [0.25, 0.3) is 11.5 Å². The Morgan fingerprint density at radius 1 is 1.33 bits per heavy atom. The number of rotatable bonds is 3. The fourth-order valence-electron chi connectivity index (χ4n) is 2.29. The van der Waals surface area contributed by atoms with Gasteiger partial charge in [0.15, 0.2) is 5.82 Å². The fourth-order valence-corrected chi connectivity index (χ4v) is 2.29. The number of fused-ring (bicyclic) bond motifs is 1. The number of benzene rings is 1. The van der Waals surface area contributed by atoms with Crippen LogP contribution in [0.3, 0.4) is 0 Å². The maximum absolute atomic E-state index is 8.95. The minimum Gasteiger partial charge on any atom is -0.394 e. The van der Waals surface area contributed by atoms with Gasteiger partial charge in [0.05, 0.1) is 12.6 Å². The molecule has 0 radical (unpaired) electrons. The van der Waals surface area contributed by atoms with E-state index < -0.39 is 6.04 Å². The molecule has 1 aliphatic rings. The highest BCUT2D eigenvalue weighted by molar-refractivity contribution is 5.56. The van der Waals surface area contributed by atoms with Crippen molar-refractivity contribution in [2.24, 2.45) is 5.73 Å². The van der Waals surface area contributed by atoms with Crippen molar-refractivity contribution in [3.63, 3.8) is 0 Å². The molecule has 0 fully saturated rings. The summed E-state index contributed by atoms with van der Waals surface area (Å²) in [4.78, 5) is 4.21. The number of hydrogen-bond acceptors (Lipinski definition) is 5. The van der Waals surface area contributed by atoms with Crippen LogP contribution < -0.4 is 5.73 Å². The van der Waals surface area contributed by atoms with Gasteiger partial charge in [-0.3, -0.25) is 0 Å². The van der Waals surface area contributed by atoms with Gasteiger partial charge in [-0.25, -0.2) is 0 Å². The standard InChI is InChI=1S/C13H15N3O2/c14-11(7-17)12-15-13(18-16-12)10-5-4-8-2-1-3-9(8)6-10/h4-6,11,17H,1-3,7,14H2. The normalized spacial score (nSPS) is 15.7. The van der Waals surface area contributed by atoms with Crippen LogP contribution in [0.1, 0.15) is 29.4 Å². The maximum atomic E-state index is 8.95. The second-order valence-electron chi connectivity index (χ2n) is 4.58. The number of aromatic nitrogens is 2. The monoisotopic (exact) mass is 245 g/mol. The predicted molar refractivity (Wildman–Crippen MR) is 65.8 cm³/mol. The Kier molecular flexibility index (Phi) is 2.85. The van der Waals surface area contributed by atoms with Gasteiger partial charge in [-0.15, -0.1) is 0 Å². The van der Waals surface area contributed by atoms with Gasteiger partial charge in [-0.2, -0.15) is 4.98 Å². The van der Waals surface area contributed by atoms with Gasteiger partial charge >= 0.3 is 0 Å². The Hall–Kier alpha value is -1.72. The first-order valence-corrected chi connectivity index (χ1v) is 6.10. The first-order chi connectivity index (χ1) is 8.78. The number of aryl methyl sites for hydroxylation is 2. The smallest absolute Gasteiger partial charge is 0.257 e. The third-order valence-electron chi connectivity index (χ3n) is 3.32. The topological polar surface area (TPSA) is 85.2 Å². The summed E-state index contributed by atoms with van der Waals surface area (Å²) in [7, 11) is 0. The molecular formula is C13H15N3O2. The molecule has 0 saturated carbocycles. The summed E-state index contributed by atoms with van der Waals surface area (Å²) >= 11 is 0. The minimum atomic E-state index is -0.586. The summed E-state index contributed by atoms with van der Waals surface area (Å²) in [6.45, 7) is -0.191. The van der Waals surface area contributed by atoms with Crippen molar-refractivity contribution < 1.29 is 9.63 Å². The number of aliphatic hydroxyl groups is 1. The van der Waals surface area contributed by atoms with Crippen molar-refractivity contribution in [1.29, 1.82) is 0 Å². The molecule has 1 heterocycles. The van der Waals surface area contributed by atoms with Crippen LogP contribution in [0.4, 0.5) is 0 Å². The lowest BCUT2D eigenvalue weighted by Gasteiger charge is -2.01. The molecular weight excluding hydrogens is 230 g/mol. The van der Waals surface area contributed by atoms with E-state index in [1.807, 2.05) is 6.07 Å². The first kappa shape index (κ1) is 11.4. The summed E-state index contributed by atoms with van der Waals surface area (Å²) in [5, 5.41) is 12.7. The van der Waals surface area contributed by atoms with Gasteiger partial charge in [0.2, 0.25) is 0 Å².